The number of nitrogens with zero attached hydrogens (tertiary/aromatic N) is 2. The molecule has 3 atom stereocenters. The first-order valence-electron chi connectivity index (χ1n) is 11.5. The van der Waals surface area contributed by atoms with E-state index >= 15 is 0 Å². The summed E-state index contributed by atoms with van der Waals surface area (Å²) in [6.45, 7) is 13.9. The number of carbonyl (C=O) groups is 3. The van der Waals surface area contributed by atoms with Crippen molar-refractivity contribution in [1.82, 2.24) is 9.80 Å². The van der Waals surface area contributed by atoms with Crippen LogP contribution in [-0.4, -0.2) is 74.7 Å². The molecular formula is C24H35Cl3N2O6. The number of amides is 1. The average molecular weight is 554 g/mol. The van der Waals surface area contributed by atoms with E-state index in [1.165, 1.54) is 12.0 Å². The maximum Gasteiger partial charge on any atom is 0.411 e. The van der Waals surface area contributed by atoms with Crippen LogP contribution in [0.1, 0.15) is 59.3 Å². The van der Waals surface area contributed by atoms with E-state index in [9.17, 15) is 14.4 Å². The second kappa shape index (κ2) is 11.3. The van der Waals surface area contributed by atoms with Crippen molar-refractivity contribution in [3.05, 3.63) is 25.3 Å². The van der Waals surface area contributed by atoms with Crippen molar-refractivity contribution in [2.75, 3.05) is 20.2 Å². The van der Waals surface area contributed by atoms with Gasteiger partial charge in [0.05, 0.1) is 7.11 Å². The van der Waals surface area contributed by atoms with Gasteiger partial charge in [0.1, 0.15) is 16.7 Å². The molecule has 0 aromatic rings. The number of fused-ring (bicyclic) bond motifs is 1. The zero-order valence-electron chi connectivity index (χ0n) is 20.8. The number of halogens is 3. The van der Waals surface area contributed by atoms with Crippen LogP contribution in [0.15, 0.2) is 25.3 Å². The molecule has 0 N–H and O–H groups in total. The van der Waals surface area contributed by atoms with Crippen LogP contribution in [0.4, 0.5) is 4.79 Å². The summed E-state index contributed by atoms with van der Waals surface area (Å²) in [4.78, 5) is 39.6. The Morgan fingerprint density at radius 2 is 1.71 bits per heavy atom. The molecule has 3 saturated heterocycles. The van der Waals surface area contributed by atoms with Gasteiger partial charge in [-0.2, -0.15) is 0 Å². The SMILES string of the molecule is C=CCC1(C(=O)OC)CCCN1C(=O)OC(C)(C)C.C=CCC12CCCN1C(C(Cl)(Cl)Cl)OC2=O. The van der Waals surface area contributed by atoms with Gasteiger partial charge in [0.15, 0.2) is 0 Å². The Kier molecular flexibility index (Phi) is 9.59. The van der Waals surface area contributed by atoms with E-state index in [4.69, 9.17) is 49.0 Å². The first-order chi connectivity index (χ1) is 16.2. The summed E-state index contributed by atoms with van der Waals surface area (Å²) >= 11 is 17.5. The van der Waals surface area contributed by atoms with Gasteiger partial charge in [-0.05, 0) is 59.3 Å². The van der Waals surface area contributed by atoms with E-state index in [2.05, 4.69) is 13.2 Å². The summed E-state index contributed by atoms with van der Waals surface area (Å²) in [6.07, 6.45) is 5.95. The van der Waals surface area contributed by atoms with Gasteiger partial charge in [-0.3, -0.25) is 4.90 Å². The molecule has 3 aliphatic rings. The number of cyclic esters (lactones) is 1. The first kappa shape index (κ1) is 29.7. The van der Waals surface area contributed by atoms with E-state index in [-0.39, 0.29) is 5.97 Å². The third-order valence-corrected chi connectivity index (χ3v) is 6.89. The number of esters is 2. The summed E-state index contributed by atoms with van der Waals surface area (Å²) in [6, 6.07) is 0. The highest BCUT2D eigenvalue weighted by atomic mass is 35.6. The molecule has 3 rings (SSSR count). The number of hydrogen-bond donors (Lipinski definition) is 0. The van der Waals surface area contributed by atoms with E-state index in [1.54, 1.807) is 32.9 Å². The fraction of sp³-hybridized carbons (Fsp3) is 0.708. The highest BCUT2D eigenvalue weighted by Gasteiger charge is 2.61. The standard InChI is InChI=1S/C14H23NO4.C10H12Cl3NO2/c1-6-8-14(11(16)18-5)9-7-10-15(14)12(17)19-13(2,3)4;1-2-4-9-5-3-6-14(9)7(10(11,12)13)16-8(9)15/h6H,1,7-10H2,2-5H3;2,7H,1,3-6H2. The maximum absolute atomic E-state index is 12.2. The highest BCUT2D eigenvalue weighted by molar-refractivity contribution is 6.68. The lowest BCUT2D eigenvalue weighted by molar-refractivity contribution is -0.153. The Morgan fingerprint density at radius 3 is 2.23 bits per heavy atom. The number of hydrogen-bond acceptors (Lipinski definition) is 7. The average Bonchev–Trinajstić information content (AvgIpc) is 3.42. The molecule has 0 aromatic carbocycles. The lowest BCUT2D eigenvalue weighted by atomic mass is 9.92. The molecular weight excluding hydrogens is 519 g/mol. The van der Waals surface area contributed by atoms with Crippen molar-refractivity contribution in [2.24, 2.45) is 0 Å². The Morgan fingerprint density at radius 1 is 1.11 bits per heavy atom. The molecule has 1 amide bonds. The van der Waals surface area contributed by atoms with Gasteiger partial charge in [0.25, 0.3) is 0 Å². The van der Waals surface area contributed by atoms with Crippen LogP contribution in [0, 0.1) is 0 Å². The molecule has 3 aliphatic heterocycles. The predicted octanol–water partition coefficient (Wildman–Crippen LogP) is 5.16. The number of carbonyl (C=O) groups excluding carboxylic acids is 3. The lowest BCUT2D eigenvalue weighted by Gasteiger charge is -2.36. The van der Waals surface area contributed by atoms with Gasteiger partial charge in [-0.1, -0.05) is 47.0 Å². The summed E-state index contributed by atoms with van der Waals surface area (Å²) in [5.74, 6) is -0.711. The molecule has 0 spiro atoms. The second-order valence-corrected chi connectivity index (χ2v) is 12.2. The number of alkyl halides is 3. The molecule has 0 aliphatic carbocycles. The molecule has 198 valence electrons. The molecule has 3 fully saturated rings. The van der Waals surface area contributed by atoms with Gasteiger partial charge in [0.2, 0.25) is 10.0 Å². The van der Waals surface area contributed by atoms with Crippen LogP contribution in [-0.2, 0) is 23.8 Å². The van der Waals surface area contributed by atoms with Crippen molar-refractivity contribution in [2.45, 2.75) is 86.0 Å². The highest BCUT2D eigenvalue weighted by Crippen LogP contribution is 2.48. The van der Waals surface area contributed by atoms with Gasteiger partial charge in [-0.25, -0.2) is 19.3 Å². The molecule has 8 nitrogen and oxygen atoms in total. The Labute approximate surface area is 222 Å². The van der Waals surface area contributed by atoms with E-state index < -0.39 is 38.8 Å². The van der Waals surface area contributed by atoms with Crippen LogP contribution in [0.25, 0.3) is 0 Å². The number of likely N-dealkylation sites (tertiary alicyclic amines) is 1. The third-order valence-electron chi connectivity index (χ3n) is 6.33. The van der Waals surface area contributed by atoms with Crippen LogP contribution in [0.5, 0.6) is 0 Å². The van der Waals surface area contributed by atoms with Crippen LogP contribution >= 0.6 is 34.8 Å². The molecule has 0 radical (unpaired) electrons. The van der Waals surface area contributed by atoms with Crippen molar-refractivity contribution < 1.29 is 28.6 Å². The van der Waals surface area contributed by atoms with Crippen molar-refractivity contribution >= 4 is 52.8 Å². The molecule has 3 heterocycles. The minimum atomic E-state index is -1.61. The first-order valence-corrected chi connectivity index (χ1v) is 12.7. The molecule has 0 aromatic heterocycles. The number of ether oxygens (including phenoxy) is 3. The number of rotatable bonds is 5. The lowest BCUT2D eigenvalue weighted by Crippen LogP contribution is -2.54. The summed E-state index contributed by atoms with van der Waals surface area (Å²) in [5, 5.41) is 0. The summed E-state index contributed by atoms with van der Waals surface area (Å²) in [7, 11) is 1.33. The Balaban J connectivity index is 0.000000250. The zero-order chi connectivity index (χ0) is 26.7. The molecule has 0 saturated carbocycles. The molecule has 35 heavy (non-hydrogen) atoms. The van der Waals surface area contributed by atoms with Crippen LogP contribution in [0.3, 0.4) is 0 Å². The molecule has 11 heteroatoms. The maximum atomic E-state index is 12.2. The van der Waals surface area contributed by atoms with Crippen LogP contribution in [0.2, 0.25) is 0 Å². The quantitative estimate of drug-likeness (QED) is 0.201. The minimum absolute atomic E-state index is 0.304. The largest absolute Gasteiger partial charge is 0.467 e. The molecule has 3 unspecified atom stereocenters. The smallest absolute Gasteiger partial charge is 0.411 e. The van der Waals surface area contributed by atoms with E-state index in [1.807, 2.05) is 4.90 Å². The van der Waals surface area contributed by atoms with Crippen molar-refractivity contribution in [1.29, 1.82) is 0 Å². The van der Waals surface area contributed by atoms with Crippen LogP contribution < -0.4 is 0 Å². The van der Waals surface area contributed by atoms with Gasteiger partial charge in [-0.15, -0.1) is 13.2 Å². The van der Waals surface area contributed by atoms with Crippen molar-refractivity contribution in [3.63, 3.8) is 0 Å². The minimum Gasteiger partial charge on any atom is -0.467 e. The fourth-order valence-electron chi connectivity index (χ4n) is 4.92. The summed E-state index contributed by atoms with van der Waals surface area (Å²) in [5.41, 5.74) is -2.20. The number of methoxy groups -OCH3 is 1. The van der Waals surface area contributed by atoms with Gasteiger partial charge < -0.3 is 14.2 Å². The van der Waals surface area contributed by atoms with Crippen molar-refractivity contribution in [3.8, 4) is 0 Å². The third kappa shape index (κ3) is 6.27. The fourth-order valence-corrected chi connectivity index (χ4v) is 5.41. The normalized spacial score (nSPS) is 28.5. The molecule has 0 bridgehead atoms. The second-order valence-electron chi connectivity index (χ2n) is 9.87. The monoisotopic (exact) mass is 552 g/mol. The van der Waals surface area contributed by atoms with Gasteiger partial charge >= 0.3 is 18.0 Å². The zero-order valence-corrected chi connectivity index (χ0v) is 23.0. The predicted molar refractivity (Wildman–Crippen MR) is 135 cm³/mol. The summed E-state index contributed by atoms with van der Waals surface area (Å²) < 4.78 is 13.8. The Hall–Kier alpha value is -1.48. The topological polar surface area (TPSA) is 85.4 Å². The Bertz CT molecular complexity index is 840. The van der Waals surface area contributed by atoms with E-state index in [0.29, 0.717) is 32.4 Å². The van der Waals surface area contributed by atoms with Gasteiger partial charge in [0, 0.05) is 13.1 Å². The van der Waals surface area contributed by atoms with E-state index in [0.717, 1.165) is 19.3 Å².